The fourth-order valence-electron chi connectivity index (χ4n) is 2.41. The molecule has 0 fully saturated rings. The van der Waals surface area contributed by atoms with Crippen LogP contribution in [0.4, 0.5) is 0 Å². The van der Waals surface area contributed by atoms with Gasteiger partial charge >= 0.3 is 5.97 Å². The lowest BCUT2D eigenvalue weighted by atomic mass is 10.1. The molecule has 134 valence electrons. The van der Waals surface area contributed by atoms with E-state index in [0.29, 0.717) is 17.1 Å². The van der Waals surface area contributed by atoms with Gasteiger partial charge in [-0.25, -0.2) is 9.78 Å². The van der Waals surface area contributed by atoms with E-state index in [4.69, 9.17) is 11.6 Å². The summed E-state index contributed by atoms with van der Waals surface area (Å²) in [7, 11) is 0. The zero-order valence-corrected chi connectivity index (χ0v) is 15.6. The predicted octanol–water partition coefficient (Wildman–Crippen LogP) is 4.16. The second kappa shape index (κ2) is 9.53. The highest BCUT2D eigenvalue weighted by molar-refractivity contribution is 7.13. The number of carboxylic acids is 1. The summed E-state index contributed by atoms with van der Waals surface area (Å²) in [5.74, 6) is -1.33. The number of aliphatic carboxylic acids is 1. The Kier molecular flexibility index (Phi) is 7.40. The van der Waals surface area contributed by atoms with Crippen molar-refractivity contribution in [2.75, 3.05) is 0 Å². The molecule has 7 heteroatoms. The molecule has 0 bridgehead atoms. The van der Waals surface area contributed by atoms with Crippen LogP contribution in [0, 0.1) is 0 Å². The third-order valence-electron chi connectivity index (χ3n) is 3.73. The van der Waals surface area contributed by atoms with E-state index in [1.54, 1.807) is 11.4 Å². The molecule has 0 spiro atoms. The second-order valence-corrected chi connectivity index (χ2v) is 7.02. The van der Waals surface area contributed by atoms with Gasteiger partial charge in [-0.2, -0.15) is 0 Å². The number of carboxylic acid groups (broad SMARTS) is 1. The smallest absolute Gasteiger partial charge is 0.326 e. The lowest BCUT2D eigenvalue weighted by molar-refractivity contribution is -0.142. The molecule has 0 saturated heterocycles. The number of rotatable bonds is 9. The average Bonchev–Trinajstić information content (AvgIpc) is 3.02. The quantitative estimate of drug-likeness (QED) is 0.640. The van der Waals surface area contributed by atoms with Crippen LogP contribution in [0.3, 0.4) is 0 Å². The van der Waals surface area contributed by atoms with Crippen molar-refractivity contribution in [3.63, 3.8) is 0 Å². The molecule has 1 aromatic carbocycles. The Morgan fingerprint density at radius 3 is 2.76 bits per heavy atom. The monoisotopic (exact) mass is 380 g/mol. The number of unbranched alkanes of at least 4 members (excludes halogenated alkanes) is 2. The number of aromatic nitrogens is 1. The molecule has 2 N–H and O–H groups in total. The van der Waals surface area contributed by atoms with Crippen LogP contribution in [0.1, 0.15) is 38.3 Å². The van der Waals surface area contributed by atoms with Gasteiger partial charge in [-0.3, -0.25) is 4.79 Å². The molecule has 0 aliphatic rings. The van der Waals surface area contributed by atoms with E-state index >= 15 is 0 Å². The number of amides is 1. The number of halogens is 1. The minimum Gasteiger partial charge on any atom is -0.480 e. The number of hydrogen-bond donors (Lipinski definition) is 2. The minimum atomic E-state index is -1.00. The molecule has 1 atom stereocenters. The average molecular weight is 381 g/mol. The molecule has 1 aromatic heterocycles. The molecule has 2 rings (SSSR count). The second-order valence-electron chi connectivity index (χ2n) is 5.75. The Labute approximate surface area is 156 Å². The van der Waals surface area contributed by atoms with E-state index < -0.39 is 12.0 Å². The maximum atomic E-state index is 12.1. The van der Waals surface area contributed by atoms with Gasteiger partial charge in [0.15, 0.2) is 0 Å². The third kappa shape index (κ3) is 5.83. The van der Waals surface area contributed by atoms with Crippen molar-refractivity contribution in [1.29, 1.82) is 0 Å². The Morgan fingerprint density at radius 2 is 2.08 bits per heavy atom. The zero-order valence-electron chi connectivity index (χ0n) is 14.0. The first-order valence-corrected chi connectivity index (χ1v) is 9.48. The number of benzene rings is 1. The van der Waals surface area contributed by atoms with Crippen LogP contribution in [-0.4, -0.2) is 28.0 Å². The van der Waals surface area contributed by atoms with Crippen molar-refractivity contribution in [3.05, 3.63) is 40.4 Å². The van der Waals surface area contributed by atoms with Crippen molar-refractivity contribution in [3.8, 4) is 10.6 Å². The lowest BCUT2D eigenvalue weighted by Gasteiger charge is -2.13. The highest BCUT2D eigenvalue weighted by Crippen LogP contribution is 2.30. The number of carbonyl (C=O) groups excluding carboxylic acids is 1. The van der Waals surface area contributed by atoms with Gasteiger partial charge in [-0.1, -0.05) is 56.0 Å². The lowest BCUT2D eigenvalue weighted by Crippen LogP contribution is -2.41. The summed E-state index contributed by atoms with van der Waals surface area (Å²) in [5.41, 5.74) is 1.43. The topological polar surface area (TPSA) is 79.3 Å². The predicted molar refractivity (Wildman–Crippen MR) is 100.0 cm³/mol. The molecule has 0 aliphatic carbocycles. The van der Waals surface area contributed by atoms with Crippen molar-refractivity contribution >= 4 is 34.8 Å². The zero-order chi connectivity index (χ0) is 18.2. The van der Waals surface area contributed by atoms with Crippen molar-refractivity contribution in [2.45, 2.75) is 45.1 Å². The summed E-state index contributed by atoms with van der Waals surface area (Å²) in [5, 5.41) is 15.0. The van der Waals surface area contributed by atoms with E-state index in [0.717, 1.165) is 29.8 Å². The van der Waals surface area contributed by atoms with Gasteiger partial charge in [0.25, 0.3) is 0 Å². The molecule has 5 nitrogen and oxygen atoms in total. The first-order chi connectivity index (χ1) is 12.0. The number of thiazole rings is 1. The van der Waals surface area contributed by atoms with Gasteiger partial charge in [0.2, 0.25) is 5.91 Å². The van der Waals surface area contributed by atoms with Crippen LogP contribution >= 0.6 is 22.9 Å². The van der Waals surface area contributed by atoms with Gasteiger partial charge in [0.05, 0.1) is 17.1 Å². The molecule has 0 saturated carbocycles. The Bertz CT molecular complexity index is 733. The minimum absolute atomic E-state index is 0.0541. The number of nitrogens with one attached hydrogen (secondary N) is 1. The van der Waals surface area contributed by atoms with Gasteiger partial charge in [-0.05, 0) is 12.5 Å². The van der Waals surface area contributed by atoms with Crippen molar-refractivity contribution in [1.82, 2.24) is 10.3 Å². The van der Waals surface area contributed by atoms with Crippen LogP contribution in [0.2, 0.25) is 5.02 Å². The fourth-order valence-corrected chi connectivity index (χ4v) is 3.55. The summed E-state index contributed by atoms with van der Waals surface area (Å²) in [4.78, 5) is 27.8. The molecule has 1 unspecified atom stereocenters. The Morgan fingerprint density at radius 1 is 1.32 bits per heavy atom. The molecular formula is C18H21ClN2O3S. The first kappa shape index (κ1) is 19.4. The van der Waals surface area contributed by atoms with E-state index in [1.165, 1.54) is 11.3 Å². The molecule has 2 aromatic rings. The maximum Gasteiger partial charge on any atom is 0.326 e. The van der Waals surface area contributed by atoms with E-state index in [1.807, 2.05) is 25.1 Å². The van der Waals surface area contributed by atoms with Gasteiger partial charge < -0.3 is 10.4 Å². The summed E-state index contributed by atoms with van der Waals surface area (Å²) in [6, 6.07) is 6.54. The first-order valence-electron chi connectivity index (χ1n) is 8.22. The van der Waals surface area contributed by atoms with Crippen LogP contribution in [-0.2, 0) is 16.0 Å². The van der Waals surface area contributed by atoms with Crippen LogP contribution in [0.15, 0.2) is 29.6 Å². The Hall–Kier alpha value is -1.92. The van der Waals surface area contributed by atoms with E-state index in [9.17, 15) is 14.7 Å². The van der Waals surface area contributed by atoms with Crippen molar-refractivity contribution in [2.24, 2.45) is 0 Å². The largest absolute Gasteiger partial charge is 0.480 e. The fraction of sp³-hybridized carbons (Fsp3) is 0.389. The summed E-state index contributed by atoms with van der Waals surface area (Å²) < 4.78 is 0. The number of hydrogen-bond acceptors (Lipinski definition) is 4. The highest BCUT2D eigenvalue weighted by atomic mass is 35.5. The summed E-state index contributed by atoms with van der Waals surface area (Å²) >= 11 is 7.57. The molecule has 0 aliphatic heterocycles. The van der Waals surface area contributed by atoms with Crippen LogP contribution in [0.5, 0.6) is 0 Å². The summed E-state index contributed by atoms with van der Waals surface area (Å²) in [6.07, 6.45) is 3.23. The number of carbonyl (C=O) groups is 2. The molecule has 1 heterocycles. The van der Waals surface area contributed by atoms with Gasteiger partial charge in [0.1, 0.15) is 11.0 Å². The van der Waals surface area contributed by atoms with E-state index in [2.05, 4.69) is 10.3 Å². The summed E-state index contributed by atoms with van der Waals surface area (Å²) in [6.45, 7) is 2.05. The highest BCUT2D eigenvalue weighted by Gasteiger charge is 2.20. The van der Waals surface area contributed by atoms with Gasteiger partial charge in [0, 0.05) is 10.9 Å². The molecule has 25 heavy (non-hydrogen) atoms. The normalized spacial score (nSPS) is 11.9. The van der Waals surface area contributed by atoms with Gasteiger partial charge in [-0.15, -0.1) is 11.3 Å². The SMILES string of the molecule is CCCCCC(NC(=O)Cc1csc(-c2ccccc2Cl)n1)C(=O)O. The molecule has 1 amide bonds. The van der Waals surface area contributed by atoms with E-state index in [-0.39, 0.29) is 12.3 Å². The molecule has 0 radical (unpaired) electrons. The Balaban J connectivity index is 1.96. The van der Waals surface area contributed by atoms with Crippen LogP contribution in [0.25, 0.3) is 10.6 Å². The van der Waals surface area contributed by atoms with Crippen molar-refractivity contribution < 1.29 is 14.7 Å². The standard InChI is InChI=1S/C18H21ClN2O3S/c1-2-3-4-9-15(18(23)24)21-16(22)10-12-11-25-17(20-12)13-7-5-6-8-14(13)19/h5-8,11,15H,2-4,9-10H2,1H3,(H,21,22)(H,23,24). The maximum absolute atomic E-state index is 12.1. The molecular weight excluding hydrogens is 360 g/mol. The third-order valence-corrected chi connectivity index (χ3v) is 4.98. The van der Waals surface area contributed by atoms with Crippen LogP contribution < -0.4 is 5.32 Å². The number of nitrogens with zero attached hydrogens (tertiary/aromatic N) is 1.